The van der Waals surface area contributed by atoms with E-state index in [2.05, 4.69) is 16.4 Å². The molecule has 112 valence electrons. The molecule has 0 aliphatic carbocycles. The summed E-state index contributed by atoms with van der Waals surface area (Å²) in [6.45, 7) is 6.82. The highest BCUT2D eigenvalue weighted by Gasteiger charge is 2.16. The van der Waals surface area contributed by atoms with E-state index < -0.39 is 11.6 Å². The smallest absolute Gasteiger partial charge is 0.159 e. The number of aryl methyl sites for hydroxylation is 2. The van der Waals surface area contributed by atoms with Gasteiger partial charge in [0.25, 0.3) is 0 Å². The molecule has 1 heterocycles. The predicted molar refractivity (Wildman–Crippen MR) is 80.2 cm³/mol. The quantitative estimate of drug-likeness (QED) is 0.904. The molecule has 0 spiro atoms. The highest BCUT2D eigenvalue weighted by Crippen LogP contribution is 2.21. The van der Waals surface area contributed by atoms with Crippen LogP contribution in [0, 0.1) is 25.5 Å². The van der Waals surface area contributed by atoms with Crippen molar-refractivity contribution in [1.29, 1.82) is 0 Å². The number of nitrogens with one attached hydrogen (secondary N) is 1. The topological polar surface area (TPSA) is 24.9 Å². The van der Waals surface area contributed by atoms with Gasteiger partial charge in [-0.05, 0) is 55.6 Å². The maximum Gasteiger partial charge on any atom is 0.159 e. The highest BCUT2D eigenvalue weighted by atomic mass is 19.2. The number of pyridine rings is 1. The summed E-state index contributed by atoms with van der Waals surface area (Å²) in [5, 5.41) is 3.36. The van der Waals surface area contributed by atoms with Gasteiger partial charge in [0.1, 0.15) is 0 Å². The summed E-state index contributed by atoms with van der Waals surface area (Å²) < 4.78 is 26.4. The summed E-state index contributed by atoms with van der Waals surface area (Å²) >= 11 is 0. The summed E-state index contributed by atoms with van der Waals surface area (Å²) in [6, 6.07) is 6.11. The summed E-state index contributed by atoms with van der Waals surface area (Å²) in [7, 11) is 0. The Morgan fingerprint density at radius 3 is 2.52 bits per heavy atom. The molecule has 2 rings (SSSR count). The molecule has 1 N–H and O–H groups in total. The van der Waals surface area contributed by atoms with Crippen LogP contribution in [0.5, 0.6) is 0 Å². The molecule has 0 amide bonds. The van der Waals surface area contributed by atoms with Crippen LogP contribution >= 0.6 is 0 Å². The van der Waals surface area contributed by atoms with Crippen LogP contribution in [0.15, 0.2) is 30.5 Å². The van der Waals surface area contributed by atoms with E-state index in [1.54, 1.807) is 6.07 Å². The number of hydrogen-bond acceptors (Lipinski definition) is 2. The molecule has 21 heavy (non-hydrogen) atoms. The number of aromatic nitrogens is 1. The molecule has 4 heteroatoms. The molecule has 0 aliphatic rings. The van der Waals surface area contributed by atoms with Crippen LogP contribution in [0.4, 0.5) is 8.78 Å². The van der Waals surface area contributed by atoms with Crippen LogP contribution < -0.4 is 5.32 Å². The van der Waals surface area contributed by atoms with E-state index in [4.69, 9.17) is 0 Å². The van der Waals surface area contributed by atoms with Gasteiger partial charge in [0.15, 0.2) is 11.6 Å². The number of halogens is 2. The van der Waals surface area contributed by atoms with Crippen LogP contribution in [-0.4, -0.2) is 11.5 Å². The van der Waals surface area contributed by atoms with Crippen LogP contribution in [0.3, 0.4) is 0 Å². The van der Waals surface area contributed by atoms with E-state index in [0.29, 0.717) is 6.42 Å². The lowest BCUT2D eigenvalue weighted by molar-refractivity contribution is 0.500. The van der Waals surface area contributed by atoms with Gasteiger partial charge in [-0.25, -0.2) is 8.78 Å². The molecule has 0 radical (unpaired) electrons. The zero-order valence-electron chi connectivity index (χ0n) is 12.6. The molecule has 1 unspecified atom stereocenters. The molecule has 0 bridgehead atoms. The van der Waals surface area contributed by atoms with Gasteiger partial charge >= 0.3 is 0 Å². The maximum absolute atomic E-state index is 13.3. The maximum atomic E-state index is 13.3. The molecule has 0 saturated carbocycles. The van der Waals surface area contributed by atoms with E-state index >= 15 is 0 Å². The lowest BCUT2D eigenvalue weighted by Gasteiger charge is -2.20. The van der Waals surface area contributed by atoms with Crippen molar-refractivity contribution in [3.8, 4) is 0 Å². The molecule has 1 atom stereocenters. The lowest BCUT2D eigenvalue weighted by Crippen LogP contribution is -2.25. The Labute approximate surface area is 124 Å². The van der Waals surface area contributed by atoms with Crippen molar-refractivity contribution in [2.45, 2.75) is 33.2 Å². The third-order valence-corrected chi connectivity index (χ3v) is 3.46. The molecule has 0 fully saturated rings. The second kappa shape index (κ2) is 6.76. The minimum atomic E-state index is -0.816. The van der Waals surface area contributed by atoms with Crippen LogP contribution in [0.1, 0.15) is 35.3 Å². The van der Waals surface area contributed by atoms with Gasteiger partial charge in [-0.15, -0.1) is 0 Å². The van der Waals surface area contributed by atoms with Crippen molar-refractivity contribution in [3.05, 3.63) is 64.5 Å². The molecule has 0 saturated heterocycles. The third-order valence-electron chi connectivity index (χ3n) is 3.46. The standard InChI is InChI=1S/C17H20F2N2/c1-4-20-16(17-12(3)7-11(2)10-21-17)9-13-5-6-14(18)15(19)8-13/h5-8,10,16,20H,4,9H2,1-3H3. The summed E-state index contributed by atoms with van der Waals surface area (Å²) in [4.78, 5) is 4.50. The Kier molecular flexibility index (Phi) is 5.02. The first-order valence-electron chi connectivity index (χ1n) is 7.11. The number of nitrogens with zero attached hydrogens (tertiary/aromatic N) is 1. The highest BCUT2D eigenvalue weighted by molar-refractivity contribution is 5.28. The zero-order valence-corrected chi connectivity index (χ0v) is 12.6. The molecule has 1 aromatic heterocycles. The summed E-state index contributed by atoms with van der Waals surface area (Å²) in [5.74, 6) is -1.63. The first kappa shape index (κ1) is 15.6. The fourth-order valence-corrected chi connectivity index (χ4v) is 2.50. The van der Waals surface area contributed by atoms with E-state index in [1.807, 2.05) is 27.0 Å². The minimum Gasteiger partial charge on any atom is -0.309 e. The zero-order chi connectivity index (χ0) is 15.4. The van der Waals surface area contributed by atoms with Gasteiger partial charge in [-0.3, -0.25) is 4.98 Å². The van der Waals surface area contributed by atoms with Crippen molar-refractivity contribution in [3.63, 3.8) is 0 Å². The Balaban J connectivity index is 2.28. The number of hydrogen-bond donors (Lipinski definition) is 1. The average Bonchev–Trinajstić information content (AvgIpc) is 2.42. The minimum absolute atomic E-state index is 0.0135. The number of rotatable bonds is 5. The van der Waals surface area contributed by atoms with E-state index in [1.165, 1.54) is 12.1 Å². The Bertz CT molecular complexity index is 626. The van der Waals surface area contributed by atoms with Gasteiger partial charge in [0.05, 0.1) is 11.7 Å². The van der Waals surface area contributed by atoms with E-state index in [0.717, 1.165) is 28.9 Å². The second-order valence-corrected chi connectivity index (χ2v) is 5.28. The van der Waals surface area contributed by atoms with Crippen LogP contribution in [0.25, 0.3) is 0 Å². The predicted octanol–water partition coefficient (Wildman–Crippen LogP) is 3.87. The fraction of sp³-hybridized carbons (Fsp3) is 0.353. The van der Waals surface area contributed by atoms with Crippen molar-refractivity contribution in [2.75, 3.05) is 6.54 Å². The molecule has 1 aromatic carbocycles. The first-order chi connectivity index (χ1) is 10.0. The lowest BCUT2D eigenvalue weighted by atomic mass is 9.99. The van der Waals surface area contributed by atoms with Gasteiger partial charge in [-0.2, -0.15) is 0 Å². The summed E-state index contributed by atoms with van der Waals surface area (Å²) in [5.41, 5.74) is 3.91. The SMILES string of the molecule is CCNC(Cc1ccc(F)c(F)c1)c1ncc(C)cc1C. The second-order valence-electron chi connectivity index (χ2n) is 5.28. The number of benzene rings is 1. The molecule has 2 aromatic rings. The number of likely N-dealkylation sites (N-methyl/N-ethyl adjacent to an activating group) is 1. The largest absolute Gasteiger partial charge is 0.309 e. The molecular weight excluding hydrogens is 270 g/mol. The molecule has 0 aliphatic heterocycles. The summed E-state index contributed by atoms with van der Waals surface area (Å²) in [6.07, 6.45) is 2.40. The normalized spacial score (nSPS) is 12.4. The van der Waals surface area contributed by atoms with Gasteiger partial charge < -0.3 is 5.32 Å². The monoisotopic (exact) mass is 290 g/mol. The Morgan fingerprint density at radius 1 is 1.14 bits per heavy atom. The van der Waals surface area contributed by atoms with Gasteiger partial charge in [0, 0.05) is 6.20 Å². The average molecular weight is 290 g/mol. The van der Waals surface area contributed by atoms with Crippen molar-refractivity contribution >= 4 is 0 Å². The van der Waals surface area contributed by atoms with Gasteiger partial charge in [-0.1, -0.05) is 19.1 Å². The fourth-order valence-electron chi connectivity index (χ4n) is 2.50. The Hall–Kier alpha value is -1.81. The first-order valence-corrected chi connectivity index (χ1v) is 7.11. The van der Waals surface area contributed by atoms with Gasteiger partial charge in [0.2, 0.25) is 0 Å². The van der Waals surface area contributed by atoms with Crippen LogP contribution in [0.2, 0.25) is 0 Å². The molecular formula is C17H20F2N2. The van der Waals surface area contributed by atoms with Crippen LogP contribution in [-0.2, 0) is 6.42 Å². The van der Waals surface area contributed by atoms with Crippen molar-refractivity contribution in [1.82, 2.24) is 10.3 Å². The van der Waals surface area contributed by atoms with Crippen molar-refractivity contribution < 1.29 is 8.78 Å². The Morgan fingerprint density at radius 2 is 1.90 bits per heavy atom. The van der Waals surface area contributed by atoms with Crippen molar-refractivity contribution in [2.24, 2.45) is 0 Å². The molecule has 2 nitrogen and oxygen atoms in total. The third kappa shape index (κ3) is 3.85. The van der Waals surface area contributed by atoms with E-state index in [9.17, 15) is 8.78 Å². The van der Waals surface area contributed by atoms with E-state index in [-0.39, 0.29) is 6.04 Å².